The first kappa shape index (κ1) is 14.4. The molecule has 2 heterocycles. The molecule has 1 aliphatic heterocycles. The maximum Gasteiger partial charge on any atom is 0.229 e. The van der Waals surface area contributed by atoms with Gasteiger partial charge in [-0.1, -0.05) is 6.07 Å². The number of carbonyl (C=O) groups excluding carboxylic acids is 1. The predicted molar refractivity (Wildman–Crippen MR) is 82.0 cm³/mol. The number of hydrogen-bond donors (Lipinski definition) is 1. The topological polar surface area (TPSA) is 58.1 Å². The highest BCUT2D eigenvalue weighted by atomic mass is 19.1. The molecule has 0 saturated carbocycles. The minimum absolute atomic E-state index is 0.0915. The van der Waals surface area contributed by atoms with Gasteiger partial charge in [0, 0.05) is 31.2 Å². The van der Waals surface area contributed by atoms with Crippen LogP contribution in [0, 0.1) is 11.7 Å². The summed E-state index contributed by atoms with van der Waals surface area (Å²) in [5.41, 5.74) is 0.484. The smallest absolute Gasteiger partial charge is 0.229 e. The van der Waals surface area contributed by atoms with Gasteiger partial charge in [-0.15, -0.1) is 0 Å². The molecule has 1 saturated heterocycles. The molecule has 22 heavy (non-hydrogen) atoms. The minimum atomic E-state index is -0.360. The summed E-state index contributed by atoms with van der Waals surface area (Å²) in [6.07, 6.45) is 5.10. The molecular formula is C16H17FN4O. The molecule has 1 aromatic carbocycles. The van der Waals surface area contributed by atoms with Crippen LogP contribution in [-0.2, 0) is 4.79 Å². The number of carbonyl (C=O) groups is 1. The van der Waals surface area contributed by atoms with Crippen LogP contribution < -0.4 is 10.2 Å². The maximum absolute atomic E-state index is 13.2. The third kappa shape index (κ3) is 3.39. The highest BCUT2D eigenvalue weighted by Crippen LogP contribution is 2.21. The van der Waals surface area contributed by atoms with Crippen LogP contribution in [0.15, 0.2) is 42.7 Å². The van der Waals surface area contributed by atoms with Gasteiger partial charge in [-0.25, -0.2) is 14.4 Å². The lowest BCUT2D eigenvalue weighted by atomic mass is 9.97. The second-order valence-corrected chi connectivity index (χ2v) is 5.33. The Kier molecular flexibility index (Phi) is 4.27. The minimum Gasteiger partial charge on any atom is -0.340 e. The van der Waals surface area contributed by atoms with Crippen molar-refractivity contribution in [3.63, 3.8) is 0 Å². The molecule has 1 amide bonds. The summed E-state index contributed by atoms with van der Waals surface area (Å²) in [7, 11) is 0. The fourth-order valence-electron chi connectivity index (χ4n) is 2.64. The van der Waals surface area contributed by atoms with Crippen LogP contribution in [-0.4, -0.2) is 29.0 Å². The van der Waals surface area contributed by atoms with Crippen molar-refractivity contribution in [2.45, 2.75) is 12.8 Å². The summed E-state index contributed by atoms with van der Waals surface area (Å²) in [6.45, 7) is 1.42. The summed E-state index contributed by atoms with van der Waals surface area (Å²) in [5, 5.41) is 2.78. The summed E-state index contributed by atoms with van der Waals surface area (Å²) < 4.78 is 13.2. The van der Waals surface area contributed by atoms with E-state index in [0.717, 1.165) is 19.4 Å². The van der Waals surface area contributed by atoms with Crippen LogP contribution in [0.4, 0.5) is 16.0 Å². The van der Waals surface area contributed by atoms with Crippen molar-refractivity contribution in [1.82, 2.24) is 9.97 Å². The largest absolute Gasteiger partial charge is 0.340 e. The second kappa shape index (κ2) is 6.51. The highest BCUT2D eigenvalue weighted by molar-refractivity contribution is 5.93. The van der Waals surface area contributed by atoms with Crippen molar-refractivity contribution in [3.8, 4) is 0 Å². The average molecular weight is 300 g/mol. The molecule has 1 aliphatic rings. The molecule has 0 spiro atoms. The van der Waals surface area contributed by atoms with Crippen molar-refractivity contribution < 1.29 is 9.18 Å². The molecule has 6 heteroatoms. The van der Waals surface area contributed by atoms with Crippen LogP contribution in [0.5, 0.6) is 0 Å². The number of rotatable bonds is 3. The molecule has 1 N–H and O–H groups in total. The van der Waals surface area contributed by atoms with E-state index in [1.54, 1.807) is 30.6 Å². The van der Waals surface area contributed by atoms with E-state index in [0.29, 0.717) is 18.2 Å². The van der Waals surface area contributed by atoms with E-state index in [1.807, 2.05) is 4.90 Å². The molecular weight excluding hydrogens is 283 g/mol. The van der Waals surface area contributed by atoms with E-state index in [4.69, 9.17) is 0 Å². The molecule has 1 fully saturated rings. The SMILES string of the molecule is O=C(Nc1cccc(F)c1)[C@@H]1CCCN(c2ncccn2)C1. The van der Waals surface area contributed by atoms with E-state index < -0.39 is 0 Å². The normalized spacial score (nSPS) is 18.0. The summed E-state index contributed by atoms with van der Waals surface area (Å²) in [6, 6.07) is 7.70. The van der Waals surface area contributed by atoms with Crippen molar-refractivity contribution in [2.75, 3.05) is 23.3 Å². The van der Waals surface area contributed by atoms with Gasteiger partial charge in [-0.05, 0) is 37.1 Å². The van der Waals surface area contributed by atoms with Gasteiger partial charge in [0.05, 0.1) is 5.92 Å². The summed E-state index contributed by atoms with van der Waals surface area (Å²) in [4.78, 5) is 22.8. The van der Waals surface area contributed by atoms with Crippen LogP contribution in [0.3, 0.4) is 0 Å². The zero-order valence-corrected chi connectivity index (χ0v) is 12.1. The number of nitrogens with one attached hydrogen (secondary N) is 1. The van der Waals surface area contributed by atoms with Gasteiger partial charge in [0.2, 0.25) is 11.9 Å². The third-order valence-electron chi connectivity index (χ3n) is 3.72. The van der Waals surface area contributed by atoms with Gasteiger partial charge in [0.15, 0.2) is 0 Å². The average Bonchev–Trinajstić information content (AvgIpc) is 2.56. The molecule has 2 aromatic rings. The van der Waals surface area contributed by atoms with Gasteiger partial charge >= 0.3 is 0 Å². The van der Waals surface area contributed by atoms with Crippen LogP contribution in [0.25, 0.3) is 0 Å². The quantitative estimate of drug-likeness (QED) is 0.946. The maximum atomic E-state index is 13.2. The summed E-state index contributed by atoms with van der Waals surface area (Å²) in [5.74, 6) is 0.0403. The standard InChI is InChI=1S/C16H17FN4O/c17-13-5-1-6-14(10-13)20-15(22)12-4-2-9-21(11-12)16-18-7-3-8-19-16/h1,3,5-8,10,12H,2,4,9,11H2,(H,20,22)/t12-/m1/s1. The number of amides is 1. The molecule has 5 nitrogen and oxygen atoms in total. The van der Waals surface area contributed by atoms with Crippen molar-refractivity contribution >= 4 is 17.5 Å². The fourth-order valence-corrected chi connectivity index (χ4v) is 2.64. The molecule has 1 aromatic heterocycles. The molecule has 0 bridgehead atoms. The van der Waals surface area contributed by atoms with E-state index in [2.05, 4.69) is 15.3 Å². The Balaban J connectivity index is 1.65. The fraction of sp³-hybridized carbons (Fsp3) is 0.312. The first-order valence-corrected chi connectivity index (χ1v) is 7.31. The molecule has 0 radical (unpaired) electrons. The van der Waals surface area contributed by atoms with Gasteiger partial charge in [0.1, 0.15) is 5.82 Å². The lowest BCUT2D eigenvalue weighted by molar-refractivity contribution is -0.120. The van der Waals surface area contributed by atoms with Crippen LogP contribution in [0.2, 0.25) is 0 Å². The Morgan fingerprint density at radius 3 is 2.86 bits per heavy atom. The third-order valence-corrected chi connectivity index (χ3v) is 3.72. The molecule has 0 aliphatic carbocycles. The van der Waals surface area contributed by atoms with E-state index >= 15 is 0 Å². The van der Waals surface area contributed by atoms with Crippen molar-refractivity contribution in [3.05, 3.63) is 48.5 Å². The Hall–Kier alpha value is -2.50. The Morgan fingerprint density at radius 1 is 1.27 bits per heavy atom. The van der Waals surface area contributed by atoms with E-state index in [9.17, 15) is 9.18 Å². The lowest BCUT2D eigenvalue weighted by Crippen LogP contribution is -2.41. The molecule has 3 rings (SSSR count). The number of aromatic nitrogens is 2. The van der Waals surface area contributed by atoms with Crippen LogP contribution >= 0.6 is 0 Å². The number of anilines is 2. The van der Waals surface area contributed by atoms with Gasteiger partial charge in [0.25, 0.3) is 0 Å². The number of halogens is 1. The first-order valence-electron chi connectivity index (χ1n) is 7.31. The highest BCUT2D eigenvalue weighted by Gasteiger charge is 2.27. The summed E-state index contributed by atoms with van der Waals surface area (Å²) >= 11 is 0. The van der Waals surface area contributed by atoms with E-state index in [1.165, 1.54) is 12.1 Å². The number of piperidine rings is 1. The van der Waals surface area contributed by atoms with Gasteiger partial charge < -0.3 is 10.2 Å². The predicted octanol–water partition coefficient (Wildman–Crippen LogP) is 2.47. The Labute approximate surface area is 128 Å². The van der Waals surface area contributed by atoms with Crippen molar-refractivity contribution in [2.24, 2.45) is 5.92 Å². The Morgan fingerprint density at radius 2 is 2.09 bits per heavy atom. The van der Waals surface area contributed by atoms with Gasteiger partial charge in [-0.2, -0.15) is 0 Å². The monoisotopic (exact) mass is 300 g/mol. The lowest BCUT2D eigenvalue weighted by Gasteiger charge is -2.31. The molecule has 114 valence electrons. The number of nitrogens with zero attached hydrogens (tertiary/aromatic N) is 3. The van der Waals surface area contributed by atoms with Gasteiger partial charge in [-0.3, -0.25) is 4.79 Å². The first-order chi connectivity index (χ1) is 10.7. The van der Waals surface area contributed by atoms with E-state index in [-0.39, 0.29) is 17.6 Å². The van der Waals surface area contributed by atoms with Crippen molar-refractivity contribution in [1.29, 1.82) is 0 Å². The molecule has 0 unspecified atom stereocenters. The Bertz CT molecular complexity index is 650. The zero-order chi connectivity index (χ0) is 15.4. The number of benzene rings is 1. The second-order valence-electron chi connectivity index (χ2n) is 5.33. The molecule has 1 atom stereocenters. The number of hydrogen-bond acceptors (Lipinski definition) is 4. The zero-order valence-electron chi connectivity index (χ0n) is 12.1. The van der Waals surface area contributed by atoms with Crippen LogP contribution in [0.1, 0.15) is 12.8 Å².